The molecule has 20 nitrogen and oxygen atoms in total. The van der Waals surface area contributed by atoms with Crippen LogP contribution < -0.4 is 21.3 Å². The first kappa shape index (κ1) is 62.8. The predicted molar refractivity (Wildman–Crippen MR) is 269 cm³/mol. The minimum absolute atomic E-state index is 0.0593. The van der Waals surface area contributed by atoms with Gasteiger partial charge in [-0.25, -0.2) is 0 Å². The highest BCUT2D eigenvalue weighted by atomic mass is 32.2. The van der Waals surface area contributed by atoms with Gasteiger partial charge in [-0.15, -0.1) is 23.5 Å². The summed E-state index contributed by atoms with van der Waals surface area (Å²) in [5.74, 6) is -4.49. The predicted octanol–water partition coefficient (Wildman–Crippen LogP) is -0.622. The lowest BCUT2D eigenvalue weighted by Gasteiger charge is -2.33. The van der Waals surface area contributed by atoms with Crippen LogP contribution in [0, 0.1) is 11.8 Å². The van der Waals surface area contributed by atoms with Crippen LogP contribution in [0.25, 0.3) is 0 Å². The first-order valence-electron chi connectivity index (χ1n) is 22.2. The van der Waals surface area contributed by atoms with Crippen molar-refractivity contribution in [2.75, 3.05) is 90.8 Å². The number of unbranched alkanes of at least 4 members (excludes halogenated alkanes) is 6. The van der Waals surface area contributed by atoms with Crippen LogP contribution in [0.3, 0.4) is 0 Å². The lowest BCUT2D eigenvalue weighted by atomic mass is 9.94. The maximum atomic E-state index is 13.2. The van der Waals surface area contributed by atoms with Crippen LogP contribution in [-0.2, 0) is 19.2 Å². The number of thioether (sulfide) groups is 6. The quantitative estimate of drug-likeness (QED) is 0.0275. The fourth-order valence-electron chi connectivity index (χ4n) is 6.31. The Labute approximate surface area is 423 Å². The van der Waals surface area contributed by atoms with Gasteiger partial charge in [-0.1, -0.05) is 85.6 Å². The van der Waals surface area contributed by atoms with Crippen LogP contribution in [0.2, 0.25) is 0 Å². The van der Waals surface area contributed by atoms with E-state index in [0.717, 1.165) is 37.2 Å². The van der Waals surface area contributed by atoms with Crippen LogP contribution in [0.5, 0.6) is 0 Å². The molecule has 26 heteroatoms. The van der Waals surface area contributed by atoms with E-state index in [0.29, 0.717) is 25.7 Å². The first-order valence-corrected chi connectivity index (χ1v) is 27.4. The highest BCUT2D eigenvalue weighted by Crippen LogP contribution is 2.63. The van der Waals surface area contributed by atoms with Crippen molar-refractivity contribution in [3.8, 4) is 0 Å². The van der Waals surface area contributed by atoms with E-state index in [2.05, 4.69) is 35.1 Å². The Morgan fingerprint density at radius 2 is 0.632 bits per heavy atom. The van der Waals surface area contributed by atoms with Gasteiger partial charge in [-0.3, -0.25) is 19.2 Å². The smallest absolute Gasteiger partial charge is 0.233 e. The molecular formula is C42H72N4O16S6. The van der Waals surface area contributed by atoms with Gasteiger partial charge in [-0.05, 0) is 51.0 Å². The second kappa shape index (κ2) is 32.0. The van der Waals surface area contributed by atoms with Gasteiger partial charge in [0.1, 0.15) is 34.0 Å². The molecule has 68 heavy (non-hydrogen) atoms. The molecule has 0 spiro atoms. The van der Waals surface area contributed by atoms with Crippen LogP contribution in [0.1, 0.15) is 78.1 Å². The van der Waals surface area contributed by atoms with E-state index >= 15 is 0 Å². The van der Waals surface area contributed by atoms with Crippen LogP contribution >= 0.6 is 70.6 Å². The van der Waals surface area contributed by atoms with Crippen molar-refractivity contribution in [1.29, 1.82) is 0 Å². The number of nitrogens with one attached hydrogen (secondary N) is 4. The molecule has 0 fully saturated rings. The second-order valence-electron chi connectivity index (χ2n) is 16.9. The van der Waals surface area contributed by atoms with Crippen molar-refractivity contribution in [3.63, 3.8) is 0 Å². The Kier molecular flexibility index (Phi) is 29.6. The molecular weight excluding hydrogens is 1010 g/mol. The summed E-state index contributed by atoms with van der Waals surface area (Å²) in [7, 11) is 0. The van der Waals surface area contributed by atoms with Gasteiger partial charge in [-0.2, -0.15) is 0 Å². The number of carbonyl (C=O) groups is 4. The SMILES string of the molecule is CC1=C(SCCCCCCC(C(=O)NC(CO)(CO)CO)C(=O)NC(CO)(CO)CO)S/C(=C2\SC(C)=C(SCCCCCCC(C(=O)NC(CO)(CO)CO)C(=O)NC(CO)(CO)CO)S2)S1. The van der Waals surface area contributed by atoms with E-state index in [-0.39, 0.29) is 12.8 Å². The topological polar surface area (TPSA) is 359 Å². The zero-order valence-electron chi connectivity index (χ0n) is 38.6. The minimum Gasteiger partial charge on any atom is -0.394 e. The molecule has 0 saturated heterocycles. The Bertz CT molecular complexity index is 1490. The summed E-state index contributed by atoms with van der Waals surface area (Å²) >= 11 is 10.6. The molecule has 2 aliphatic heterocycles. The highest BCUT2D eigenvalue weighted by Gasteiger charge is 2.40. The number of hydrogen-bond acceptors (Lipinski definition) is 22. The monoisotopic (exact) mass is 1080 g/mol. The van der Waals surface area contributed by atoms with Crippen LogP contribution in [0.15, 0.2) is 26.8 Å². The third-order valence-corrected chi connectivity index (χ3v) is 20.2. The van der Waals surface area contributed by atoms with E-state index in [1.54, 1.807) is 70.6 Å². The molecule has 0 radical (unpaired) electrons. The third kappa shape index (κ3) is 18.6. The molecule has 0 aromatic carbocycles. The van der Waals surface area contributed by atoms with E-state index in [1.165, 1.54) is 26.8 Å². The molecule has 0 aromatic rings. The van der Waals surface area contributed by atoms with Crippen molar-refractivity contribution in [2.45, 2.75) is 100 Å². The summed E-state index contributed by atoms with van der Waals surface area (Å²) in [6, 6.07) is 0. The lowest BCUT2D eigenvalue weighted by molar-refractivity contribution is -0.141. The van der Waals surface area contributed by atoms with Gasteiger partial charge in [0.05, 0.1) is 96.2 Å². The van der Waals surface area contributed by atoms with Crippen molar-refractivity contribution in [1.82, 2.24) is 21.3 Å². The zero-order valence-corrected chi connectivity index (χ0v) is 43.5. The van der Waals surface area contributed by atoms with Gasteiger partial charge in [0.2, 0.25) is 23.6 Å². The first-order chi connectivity index (χ1) is 32.5. The fraction of sp³-hybridized carbons (Fsp3) is 0.762. The van der Waals surface area contributed by atoms with Gasteiger partial charge in [0.15, 0.2) is 0 Å². The van der Waals surface area contributed by atoms with Crippen molar-refractivity contribution < 1.29 is 80.5 Å². The molecule has 0 aromatic heterocycles. The molecule has 16 N–H and O–H groups in total. The summed E-state index contributed by atoms with van der Waals surface area (Å²) in [5.41, 5.74) is -7.07. The number of rotatable bonds is 36. The Hall–Kier alpha value is -1.28. The summed E-state index contributed by atoms with van der Waals surface area (Å²) in [4.78, 5) is 55.2. The molecule has 0 atom stereocenters. The van der Waals surface area contributed by atoms with Crippen molar-refractivity contribution in [3.05, 3.63) is 26.8 Å². The van der Waals surface area contributed by atoms with E-state index < -0.39 is 137 Å². The van der Waals surface area contributed by atoms with E-state index in [9.17, 15) is 80.5 Å². The average molecular weight is 1080 g/mol. The minimum atomic E-state index is -1.77. The normalized spacial score (nSPS) is 16.1. The van der Waals surface area contributed by atoms with Crippen molar-refractivity contribution in [2.24, 2.45) is 11.8 Å². The number of allylic oxidation sites excluding steroid dienone is 2. The number of carbonyl (C=O) groups excluding carboxylic acids is 4. The Morgan fingerprint density at radius 1 is 0.397 bits per heavy atom. The van der Waals surface area contributed by atoms with Crippen molar-refractivity contribution >= 4 is 94.2 Å². The standard InChI is InChI=1S/C42H72N4O16S6/c1-27-35(63-13-9-5-3-7-11-29(31(59)43-39(15-47,16-48)17-49)32(60)44-40(18-50,19-51)20-52)67-37(65-27)38-66-28(2)36(68-38)64-14-10-6-4-8-12-30(33(61)45-41(21-53,22-54)23-55)34(62)46-42(24-56,25-57)26-58/h29-30,47-58H,3-26H2,1-2H3,(H,43,59)(H,44,60)(H,45,61)(H,46,62)/b38-37+. The maximum Gasteiger partial charge on any atom is 0.233 e. The molecule has 0 bridgehead atoms. The maximum absolute atomic E-state index is 13.2. The molecule has 2 rings (SSSR count). The molecule has 2 aliphatic rings. The highest BCUT2D eigenvalue weighted by molar-refractivity contribution is 8.40. The second-order valence-corrected chi connectivity index (χ2v) is 24.6. The molecule has 392 valence electrons. The van der Waals surface area contributed by atoms with Gasteiger partial charge < -0.3 is 82.5 Å². The molecule has 2 heterocycles. The zero-order chi connectivity index (χ0) is 51.0. The Morgan fingerprint density at radius 3 is 0.868 bits per heavy atom. The summed E-state index contributed by atoms with van der Waals surface area (Å²) in [5, 5.41) is 126. The molecule has 0 aliphatic carbocycles. The van der Waals surface area contributed by atoms with Crippen LogP contribution in [-0.4, -0.2) is 198 Å². The van der Waals surface area contributed by atoms with Gasteiger partial charge in [0.25, 0.3) is 0 Å². The number of aliphatic hydroxyl groups is 12. The molecule has 0 unspecified atom stereocenters. The van der Waals surface area contributed by atoms with E-state index in [1.807, 2.05) is 0 Å². The summed E-state index contributed by atoms with van der Waals surface area (Å²) < 4.78 is 4.91. The third-order valence-electron chi connectivity index (χ3n) is 11.3. The lowest BCUT2D eigenvalue weighted by Crippen LogP contribution is -2.62. The van der Waals surface area contributed by atoms with E-state index in [4.69, 9.17) is 0 Å². The van der Waals surface area contributed by atoms with Gasteiger partial charge >= 0.3 is 0 Å². The molecule has 0 saturated carbocycles. The average Bonchev–Trinajstić information content (AvgIpc) is 3.92. The largest absolute Gasteiger partial charge is 0.394 e. The Balaban J connectivity index is 1.85. The number of hydrogen-bond donors (Lipinski definition) is 16. The number of amides is 4. The number of aliphatic hydroxyl groups excluding tert-OH is 12. The summed E-state index contributed by atoms with van der Waals surface area (Å²) in [6.45, 7) is -5.27. The molecule has 4 amide bonds. The van der Waals surface area contributed by atoms with Gasteiger partial charge in [0, 0.05) is 9.81 Å². The van der Waals surface area contributed by atoms with Crippen LogP contribution in [0.4, 0.5) is 0 Å². The summed E-state index contributed by atoms with van der Waals surface area (Å²) in [6.07, 6.45) is 5.72. The fourth-order valence-corrected chi connectivity index (χ4v) is 14.9.